The number of benzene rings is 1. The Morgan fingerprint density at radius 1 is 1.46 bits per heavy atom. The molecule has 1 aliphatic rings. The summed E-state index contributed by atoms with van der Waals surface area (Å²) in [6, 6.07) is 5.15. The van der Waals surface area contributed by atoms with Crippen LogP contribution in [0.15, 0.2) is 18.2 Å². The van der Waals surface area contributed by atoms with Crippen molar-refractivity contribution in [2.75, 3.05) is 25.1 Å². The highest BCUT2D eigenvalue weighted by atomic mass is 79.9. The first-order valence-electron chi connectivity index (χ1n) is 3.94. The van der Waals surface area contributed by atoms with Crippen molar-refractivity contribution < 1.29 is 9.84 Å². The Hall–Kier alpha value is -0.900. The third-order valence-corrected chi connectivity index (χ3v) is 2.04. The van der Waals surface area contributed by atoms with Gasteiger partial charge in [-0.2, -0.15) is 0 Å². The first-order valence-corrected chi connectivity index (χ1v) is 3.94. The molecule has 0 bridgehead atoms. The second-order valence-corrected chi connectivity index (χ2v) is 2.92. The monoisotopic (exact) mass is 245 g/mol. The number of nitrogens with zero attached hydrogens (tertiary/aromatic N) is 1. The van der Waals surface area contributed by atoms with Gasteiger partial charge in [0, 0.05) is 13.1 Å². The van der Waals surface area contributed by atoms with E-state index in [0.29, 0.717) is 6.61 Å². The highest BCUT2D eigenvalue weighted by Crippen LogP contribution is 2.33. The van der Waals surface area contributed by atoms with Gasteiger partial charge in [0.25, 0.3) is 0 Å². The van der Waals surface area contributed by atoms with Crippen molar-refractivity contribution in [3.05, 3.63) is 18.2 Å². The Morgan fingerprint density at radius 3 is 3.00 bits per heavy atom. The maximum Gasteiger partial charge on any atom is 0.142 e. The van der Waals surface area contributed by atoms with Crippen LogP contribution < -0.4 is 9.64 Å². The first-order chi connectivity index (χ1) is 5.77. The van der Waals surface area contributed by atoms with E-state index in [1.807, 2.05) is 7.05 Å². The molecule has 0 fully saturated rings. The van der Waals surface area contributed by atoms with E-state index in [9.17, 15) is 5.11 Å². The molecule has 72 valence electrons. The van der Waals surface area contributed by atoms with E-state index < -0.39 is 0 Å². The summed E-state index contributed by atoms with van der Waals surface area (Å²) >= 11 is 0. The molecule has 0 saturated heterocycles. The second-order valence-electron chi connectivity index (χ2n) is 2.92. The lowest BCUT2D eigenvalue weighted by atomic mass is 10.2. The first kappa shape index (κ1) is 10.2. The number of hydrogen-bond donors (Lipinski definition) is 1. The number of halogens is 1. The van der Waals surface area contributed by atoms with Crippen molar-refractivity contribution in [2.45, 2.75) is 0 Å². The molecule has 3 nitrogen and oxygen atoms in total. The topological polar surface area (TPSA) is 32.7 Å². The Bertz CT molecular complexity index is 304. The van der Waals surface area contributed by atoms with Gasteiger partial charge >= 0.3 is 0 Å². The van der Waals surface area contributed by atoms with Gasteiger partial charge in [-0.15, -0.1) is 17.0 Å². The summed E-state index contributed by atoms with van der Waals surface area (Å²) in [5.41, 5.74) is 0.959. The molecule has 1 N–H and O–H groups in total. The summed E-state index contributed by atoms with van der Waals surface area (Å²) in [7, 11) is 1.99. The minimum Gasteiger partial charge on any atom is -0.508 e. The van der Waals surface area contributed by atoms with Gasteiger partial charge in [-0.05, 0) is 12.1 Å². The number of aromatic hydroxyl groups is 1. The van der Waals surface area contributed by atoms with Gasteiger partial charge in [0.1, 0.15) is 18.1 Å². The van der Waals surface area contributed by atoms with E-state index in [0.717, 1.165) is 18.0 Å². The van der Waals surface area contributed by atoms with E-state index in [1.165, 1.54) is 0 Å². The van der Waals surface area contributed by atoms with Crippen LogP contribution in [0, 0.1) is 0 Å². The molecule has 1 aliphatic heterocycles. The van der Waals surface area contributed by atoms with Crippen molar-refractivity contribution in [3.63, 3.8) is 0 Å². The van der Waals surface area contributed by atoms with E-state index in [-0.39, 0.29) is 22.7 Å². The van der Waals surface area contributed by atoms with Gasteiger partial charge in [-0.25, -0.2) is 0 Å². The maximum atomic E-state index is 9.22. The smallest absolute Gasteiger partial charge is 0.142 e. The minimum atomic E-state index is 0. The molecule has 0 aliphatic carbocycles. The van der Waals surface area contributed by atoms with Crippen LogP contribution in [0.5, 0.6) is 11.5 Å². The number of phenols is 1. The predicted octanol–water partition coefficient (Wildman–Crippen LogP) is 1.80. The number of ether oxygens (including phenoxy) is 1. The summed E-state index contributed by atoms with van der Waals surface area (Å²) in [6.45, 7) is 1.59. The van der Waals surface area contributed by atoms with Crippen molar-refractivity contribution in [2.24, 2.45) is 0 Å². The minimum absolute atomic E-state index is 0. The number of rotatable bonds is 0. The van der Waals surface area contributed by atoms with Gasteiger partial charge in [0.2, 0.25) is 0 Å². The molecular weight excluding hydrogens is 234 g/mol. The lowest BCUT2D eigenvalue weighted by Gasteiger charge is -2.27. The predicted molar refractivity (Wildman–Crippen MR) is 57.2 cm³/mol. The standard InChI is InChI=1S/C9H11NO2.BrH/c1-10-4-5-12-9-3-2-7(11)6-8(9)10;/h2-3,6,11H,4-5H2,1H3;1H. The molecule has 0 amide bonds. The maximum absolute atomic E-state index is 9.22. The van der Waals surface area contributed by atoms with Crippen molar-refractivity contribution in [1.29, 1.82) is 0 Å². The lowest BCUT2D eigenvalue weighted by Crippen LogP contribution is -2.28. The van der Waals surface area contributed by atoms with Crippen LogP contribution in [0.4, 0.5) is 5.69 Å². The van der Waals surface area contributed by atoms with Crippen molar-refractivity contribution >= 4 is 22.7 Å². The van der Waals surface area contributed by atoms with Crippen LogP contribution in [0.2, 0.25) is 0 Å². The average Bonchev–Trinajstić information content (AvgIpc) is 2.07. The van der Waals surface area contributed by atoms with Gasteiger partial charge in [-0.3, -0.25) is 0 Å². The fourth-order valence-electron chi connectivity index (χ4n) is 1.34. The van der Waals surface area contributed by atoms with Crippen molar-refractivity contribution in [1.82, 2.24) is 0 Å². The molecule has 0 unspecified atom stereocenters. The summed E-state index contributed by atoms with van der Waals surface area (Å²) in [5.74, 6) is 1.13. The quantitative estimate of drug-likeness (QED) is 0.757. The van der Waals surface area contributed by atoms with Gasteiger partial charge < -0.3 is 14.7 Å². The highest BCUT2D eigenvalue weighted by molar-refractivity contribution is 8.93. The molecule has 4 heteroatoms. The van der Waals surface area contributed by atoms with Gasteiger partial charge in [0.05, 0.1) is 12.2 Å². The number of fused-ring (bicyclic) bond motifs is 1. The van der Waals surface area contributed by atoms with E-state index in [2.05, 4.69) is 4.90 Å². The molecule has 1 aromatic carbocycles. The lowest BCUT2D eigenvalue weighted by molar-refractivity contribution is 0.310. The number of phenolic OH excluding ortho intramolecular Hbond substituents is 1. The van der Waals surface area contributed by atoms with Gasteiger partial charge in [-0.1, -0.05) is 0 Å². The third kappa shape index (κ3) is 1.88. The fourth-order valence-corrected chi connectivity index (χ4v) is 1.34. The van der Waals surface area contributed by atoms with E-state index in [4.69, 9.17) is 4.74 Å². The Labute approximate surface area is 87.7 Å². The highest BCUT2D eigenvalue weighted by Gasteiger charge is 2.14. The van der Waals surface area contributed by atoms with Crippen LogP contribution in [-0.2, 0) is 0 Å². The van der Waals surface area contributed by atoms with Crippen LogP contribution in [0.3, 0.4) is 0 Å². The van der Waals surface area contributed by atoms with E-state index >= 15 is 0 Å². The molecule has 0 saturated carbocycles. The zero-order valence-electron chi connectivity index (χ0n) is 7.36. The van der Waals surface area contributed by atoms with Crippen LogP contribution in [0.25, 0.3) is 0 Å². The Kier molecular flexibility index (Phi) is 3.03. The summed E-state index contributed by atoms with van der Waals surface area (Å²) in [4.78, 5) is 2.07. The summed E-state index contributed by atoms with van der Waals surface area (Å²) in [6.07, 6.45) is 0. The van der Waals surface area contributed by atoms with E-state index in [1.54, 1.807) is 18.2 Å². The third-order valence-electron chi connectivity index (χ3n) is 2.04. The summed E-state index contributed by atoms with van der Waals surface area (Å²) < 4.78 is 5.40. The Morgan fingerprint density at radius 2 is 2.23 bits per heavy atom. The Balaban J connectivity index is 0.000000845. The largest absolute Gasteiger partial charge is 0.508 e. The SMILES string of the molecule is Br.CN1CCOc2ccc(O)cc21. The molecule has 13 heavy (non-hydrogen) atoms. The van der Waals surface area contributed by atoms with Crippen LogP contribution >= 0.6 is 17.0 Å². The fraction of sp³-hybridized carbons (Fsp3) is 0.333. The van der Waals surface area contributed by atoms with Gasteiger partial charge in [0.15, 0.2) is 0 Å². The molecule has 1 heterocycles. The molecule has 2 rings (SSSR count). The number of likely N-dealkylation sites (N-methyl/N-ethyl adjacent to an activating group) is 1. The molecule has 1 aromatic rings. The van der Waals surface area contributed by atoms with Crippen molar-refractivity contribution in [3.8, 4) is 11.5 Å². The molecule has 0 spiro atoms. The van der Waals surface area contributed by atoms with Crippen LogP contribution in [-0.4, -0.2) is 25.3 Å². The normalized spacial score (nSPS) is 14.1. The number of hydrogen-bond acceptors (Lipinski definition) is 3. The number of anilines is 1. The van der Waals surface area contributed by atoms with Crippen LogP contribution in [0.1, 0.15) is 0 Å². The molecule has 0 atom stereocenters. The summed E-state index contributed by atoms with van der Waals surface area (Å²) in [5, 5.41) is 9.22. The molecule has 0 aromatic heterocycles. The zero-order chi connectivity index (χ0) is 8.55. The zero-order valence-corrected chi connectivity index (χ0v) is 9.07. The molecule has 0 radical (unpaired) electrons. The average molecular weight is 246 g/mol. The second kappa shape index (κ2) is 3.87. The molecular formula is C9H12BrNO2.